The van der Waals surface area contributed by atoms with Crippen LogP contribution in [0.3, 0.4) is 0 Å². The summed E-state index contributed by atoms with van der Waals surface area (Å²) in [6.45, 7) is -0.594. The third-order valence-corrected chi connectivity index (χ3v) is 3.82. The monoisotopic (exact) mass is 262 g/mol. The van der Waals surface area contributed by atoms with Crippen LogP contribution in [0.4, 0.5) is 0 Å². The van der Waals surface area contributed by atoms with Crippen molar-refractivity contribution in [2.45, 2.75) is 62.3 Å². The van der Waals surface area contributed by atoms with Crippen LogP contribution < -0.4 is 0 Å². The molecule has 4 N–H and O–H groups in total. The normalized spacial score (nSPS) is 40.0. The number of aliphatic hydroxyl groups is 4. The van der Waals surface area contributed by atoms with Gasteiger partial charge in [-0.1, -0.05) is 0 Å². The highest BCUT2D eigenvalue weighted by atomic mass is 16.6. The van der Waals surface area contributed by atoms with Gasteiger partial charge in [-0.2, -0.15) is 0 Å². The van der Waals surface area contributed by atoms with E-state index < -0.39 is 12.2 Å². The number of aliphatic hydroxyl groups excluding tert-OH is 4. The fourth-order valence-corrected chi connectivity index (χ4v) is 2.73. The Bertz CT molecular complexity index is 235. The van der Waals surface area contributed by atoms with Gasteiger partial charge in [0.15, 0.2) is 0 Å². The molecule has 0 unspecified atom stereocenters. The van der Waals surface area contributed by atoms with Crippen molar-refractivity contribution in [1.29, 1.82) is 0 Å². The Balaban J connectivity index is 1.81. The van der Waals surface area contributed by atoms with Crippen LogP contribution in [0, 0.1) is 0 Å². The highest BCUT2D eigenvalue weighted by Gasteiger charge is 2.40. The van der Waals surface area contributed by atoms with Gasteiger partial charge < -0.3 is 29.9 Å². The van der Waals surface area contributed by atoms with E-state index in [4.69, 9.17) is 19.7 Å². The first-order valence-electron chi connectivity index (χ1n) is 6.54. The molecule has 0 aliphatic carbocycles. The van der Waals surface area contributed by atoms with E-state index in [2.05, 4.69) is 0 Å². The molecule has 2 saturated heterocycles. The third kappa shape index (κ3) is 3.01. The van der Waals surface area contributed by atoms with Crippen LogP contribution >= 0.6 is 0 Å². The van der Waals surface area contributed by atoms with Crippen molar-refractivity contribution in [3.05, 3.63) is 0 Å². The van der Waals surface area contributed by atoms with Crippen LogP contribution in [0.15, 0.2) is 0 Å². The second-order valence-corrected chi connectivity index (χ2v) is 5.08. The average Bonchev–Trinajstić information content (AvgIpc) is 3.04. The van der Waals surface area contributed by atoms with Crippen LogP contribution in [0.5, 0.6) is 0 Å². The molecule has 2 heterocycles. The van der Waals surface area contributed by atoms with E-state index in [-0.39, 0.29) is 37.6 Å². The second kappa shape index (κ2) is 6.27. The zero-order valence-corrected chi connectivity index (χ0v) is 10.3. The maximum absolute atomic E-state index is 9.51. The van der Waals surface area contributed by atoms with Crippen LogP contribution in [0.1, 0.15) is 25.7 Å². The summed E-state index contributed by atoms with van der Waals surface area (Å²) >= 11 is 0. The van der Waals surface area contributed by atoms with Crippen molar-refractivity contribution in [3.63, 3.8) is 0 Å². The lowest BCUT2D eigenvalue weighted by molar-refractivity contribution is -0.118. The topological polar surface area (TPSA) is 99.4 Å². The standard InChI is InChI=1S/C12H22O6/c13-5-7(15)9-1-3-11(17-9)12-4-2-10(18-12)8(16)6-14/h7-16H,1-6H2/t7-,8-,9+,10+,11-,12-/m1/s1. The Morgan fingerprint density at radius 1 is 0.778 bits per heavy atom. The molecule has 2 fully saturated rings. The summed E-state index contributed by atoms with van der Waals surface area (Å²) in [5.74, 6) is 0. The van der Waals surface area contributed by atoms with E-state index in [1.807, 2.05) is 0 Å². The first kappa shape index (κ1) is 14.2. The lowest BCUT2D eigenvalue weighted by Crippen LogP contribution is -2.35. The van der Waals surface area contributed by atoms with Gasteiger partial charge in [0.2, 0.25) is 0 Å². The van der Waals surface area contributed by atoms with Crippen molar-refractivity contribution in [3.8, 4) is 0 Å². The number of hydrogen-bond acceptors (Lipinski definition) is 6. The lowest BCUT2D eigenvalue weighted by Gasteiger charge is -2.23. The molecule has 0 bridgehead atoms. The smallest absolute Gasteiger partial charge is 0.103 e. The predicted molar refractivity (Wildman–Crippen MR) is 62.0 cm³/mol. The molecule has 0 spiro atoms. The van der Waals surface area contributed by atoms with Crippen molar-refractivity contribution in [2.75, 3.05) is 13.2 Å². The summed E-state index contributed by atoms with van der Waals surface area (Å²) in [6.07, 6.45) is 0.474. The highest BCUT2D eigenvalue weighted by molar-refractivity contribution is 4.88. The van der Waals surface area contributed by atoms with E-state index in [9.17, 15) is 10.2 Å². The summed E-state index contributed by atoms with van der Waals surface area (Å²) in [4.78, 5) is 0. The molecule has 0 aromatic heterocycles. The van der Waals surface area contributed by atoms with Crippen molar-refractivity contribution >= 4 is 0 Å². The van der Waals surface area contributed by atoms with Gasteiger partial charge in [-0.15, -0.1) is 0 Å². The number of hydrogen-bond donors (Lipinski definition) is 4. The zero-order chi connectivity index (χ0) is 13.1. The maximum atomic E-state index is 9.51. The van der Waals surface area contributed by atoms with Gasteiger partial charge in [-0.05, 0) is 25.7 Å². The van der Waals surface area contributed by atoms with Gasteiger partial charge in [-0.3, -0.25) is 0 Å². The summed E-state index contributed by atoms with van der Waals surface area (Å²) < 4.78 is 11.4. The second-order valence-electron chi connectivity index (χ2n) is 5.08. The van der Waals surface area contributed by atoms with Crippen LogP contribution in [-0.4, -0.2) is 70.3 Å². The first-order chi connectivity index (χ1) is 8.65. The van der Waals surface area contributed by atoms with E-state index in [0.717, 1.165) is 12.8 Å². The molecule has 0 saturated carbocycles. The van der Waals surface area contributed by atoms with E-state index >= 15 is 0 Å². The van der Waals surface area contributed by atoms with Crippen molar-refractivity contribution in [1.82, 2.24) is 0 Å². The quantitative estimate of drug-likeness (QED) is 0.496. The fraction of sp³-hybridized carbons (Fsp3) is 1.00. The Hall–Kier alpha value is -0.240. The zero-order valence-electron chi connectivity index (χ0n) is 10.3. The molecule has 6 atom stereocenters. The Morgan fingerprint density at radius 2 is 1.17 bits per heavy atom. The summed E-state index contributed by atoms with van der Waals surface area (Å²) in [5, 5.41) is 36.8. The summed E-state index contributed by atoms with van der Waals surface area (Å²) in [7, 11) is 0. The van der Waals surface area contributed by atoms with Gasteiger partial charge in [0, 0.05) is 0 Å². The Labute approximate surface area is 106 Å². The molecular weight excluding hydrogens is 240 g/mol. The van der Waals surface area contributed by atoms with Gasteiger partial charge >= 0.3 is 0 Å². The van der Waals surface area contributed by atoms with Crippen molar-refractivity contribution < 1.29 is 29.9 Å². The maximum Gasteiger partial charge on any atom is 0.103 e. The third-order valence-electron chi connectivity index (χ3n) is 3.82. The highest BCUT2D eigenvalue weighted by Crippen LogP contribution is 2.33. The lowest BCUT2D eigenvalue weighted by atomic mass is 10.0. The van der Waals surface area contributed by atoms with Gasteiger partial charge in [0.1, 0.15) is 12.2 Å². The molecule has 2 aliphatic heterocycles. The molecule has 0 amide bonds. The first-order valence-corrected chi connectivity index (χ1v) is 6.54. The average molecular weight is 262 g/mol. The number of ether oxygens (including phenoxy) is 2. The van der Waals surface area contributed by atoms with Crippen LogP contribution in [0.2, 0.25) is 0 Å². The summed E-state index contributed by atoms with van der Waals surface area (Å²) in [6, 6.07) is 0. The number of rotatable bonds is 5. The largest absolute Gasteiger partial charge is 0.394 e. The van der Waals surface area contributed by atoms with Gasteiger partial charge in [0.05, 0.1) is 37.6 Å². The molecule has 6 heteroatoms. The minimum atomic E-state index is -0.838. The van der Waals surface area contributed by atoms with Gasteiger partial charge in [-0.25, -0.2) is 0 Å². The minimum Gasteiger partial charge on any atom is -0.394 e. The molecule has 0 aromatic rings. The fourth-order valence-electron chi connectivity index (χ4n) is 2.73. The van der Waals surface area contributed by atoms with E-state index in [1.54, 1.807) is 0 Å². The molecule has 0 aromatic carbocycles. The van der Waals surface area contributed by atoms with Crippen LogP contribution in [-0.2, 0) is 9.47 Å². The minimum absolute atomic E-state index is 0.0907. The molecular formula is C12H22O6. The van der Waals surface area contributed by atoms with E-state index in [1.165, 1.54) is 0 Å². The molecule has 2 aliphatic rings. The SMILES string of the molecule is OC[C@@H](O)[C@@H]1CC[C@H]([C@H]2CC[C@@H]([C@H](O)CO)O2)O1. The van der Waals surface area contributed by atoms with E-state index in [0.29, 0.717) is 12.8 Å². The van der Waals surface area contributed by atoms with Gasteiger partial charge in [0.25, 0.3) is 0 Å². The van der Waals surface area contributed by atoms with Crippen LogP contribution in [0.25, 0.3) is 0 Å². The predicted octanol–water partition coefficient (Wildman–Crippen LogP) is -1.21. The van der Waals surface area contributed by atoms with Crippen molar-refractivity contribution in [2.24, 2.45) is 0 Å². The molecule has 6 nitrogen and oxygen atoms in total. The Kier molecular flexibility index (Phi) is 4.94. The Morgan fingerprint density at radius 3 is 1.50 bits per heavy atom. The summed E-state index contributed by atoms with van der Waals surface area (Å²) in [5.41, 5.74) is 0. The molecule has 0 radical (unpaired) electrons. The molecule has 18 heavy (non-hydrogen) atoms. The molecule has 106 valence electrons. The molecule has 2 rings (SSSR count).